The van der Waals surface area contributed by atoms with Gasteiger partial charge in [0.2, 0.25) is 0 Å². The lowest BCUT2D eigenvalue weighted by Gasteiger charge is -2.15. The van der Waals surface area contributed by atoms with Crippen molar-refractivity contribution < 1.29 is 31.1 Å². The second-order valence-corrected chi connectivity index (χ2v) is 6.50. The Hall–Kier alpha value is -2.52. The average molecular weight is 405 g/mol. The maximum absolute atomic E-state index is 13.2. The highest BCUT2D eigenvalue weighted by molar-refractivity contribution is 5.95. The van der Waals surface area contributed by atoms with Crippen LogP contribution in [0.5, 0.6) is 0 Å². The van der Waals surface area contributed by atoms with Crippen LogP contribution in [-0.4, -0.2) is 22.2 Å². The van der Waals surface area contributed by atoms with Crippen LogP contribution in [0.4, 0.5) is 26.3 Å². The monoisotopic (exact) mass is 405 g/mol. The van der Waals surface area contributed by atoms with Crippen molar-refractivity contribution in [2.45, 2.75) is 44.6 Å². The first-order valence-corrected chi connectivity index (χ1v) is 8.69. The molecule has 10 heteroatoms. The van der Waals surface area contributed by atoms with Gasteiger partial charge in [-0.3, -0.25) is 9.48 Å². The molecule has 3 rings (SSSR count). The Balaban J connectivity index is 1.73. The third kappa shape index (κ3) is 4.15. The van der Waals surface area contributed by atoms with Crippen LogP contribution in [0.3, 0.4) is 0 Å². The SMILES string of the molecule is O=C(NCCn1nc(C(F)(F)F)c2c1CCCC2)c1ccccc1C(F)(F)F. The van der Waals surface area contributed by atoms with Crippen LogP contribution in [0, 0.1) is 0 Å². The van der Waals surface area contributed by atoms with Crippen LogP contribution in [0.2, 0.25) is 0 Å². The third-order valence-corrected chi connectivity index (χ3v) is 4.61. The second-order valence-electron chi connectivity index (χ2n) is 6.50. The fourth-order valence-corrected chi connectivity index (χ4v) is 3.38. The van der Waals surface area contributed by atoms with Crippen LogP contribution in [0.15, 0.2) is 24.3 Å². The maximum atomic E-state index is 13.2. The molecule has 1 aromatic heterocycles. The number of carbonyl (C=O) groups excluding carboxylic acids is 1. The van der Waals surface area contributed by atoms with E-state index < -0.39 is 35.1 Å². The molecule has 2 aromatic rings. The van der Waals surface area contributed by atoms with E-state index in [0.717, 1.165) is 18.6 Å². The van der Waals surface area contributed by atoms with Crippen molar-refractivity contribution in [1.29, 1.82) is 0 Å². The second kappa shape index (κ2) is 7.48. The van der Waals surface area contributed by atoms with Gasteiger partial charge in [0.15, 0.2) is 5.69 Å². The van der Waals surface area contributed by atoms with Crippen molar-refractivity contribution in [2.24, 2.45) is 0 Å². The average Bonchev–Trinajstić information content (AvgIpc) is 3.00. The number of amides is 1. The number of nitrogens with one attached hydrogen (secondary N) is 1. The maximum Gasteiger partial charge on any atom is 0.435 e. The van der Waals surface area contributed by atoms with Crippen molar-refractivity contribution in [3.8, 4) is 0 Å². The summed E-state index contributed by atoms with van der Waals surface area (Å²) in [6.07, 6.45) is -7.13. The third-order valence-electron chi connectivity index (χ3n) is 4.61. The number of halogens is 6. The van der Waals surface area contributed by atoms with Crippen molar-refractivity contribution in [1.82, 2.24) is 15.1 Å². The normalized spacial score (nSPS) is 14.6. The molecule has 1 amide bonds. The fourth-order valence-electron chi connectivity index (χ4n) is 3.38. The summed E-state index contributed by atoms with van der Waals surface area (Å²) in [7, 11) is 0. The van der Waals surface area contributed by atoms with Gasteiger partial charge in [-0.05, 0) is 37.8 Å². The van der Waals surface area contributed by atoms with E-state index in [1.165, 1.54) is 16.8 Å². The number of hydrogen-bond donors (Lipinski definition) is 1. The highest BCUT2D eigenvalue weighted by atomic mass is 19.4. The Kier molecular flexibility index (Phi) is 5.40. The number of benzene rings is 1. The van der Waals surface area contributed by atoms with Gasteiger partial charge < -0.3 is 5.32 Å². The predicted molar refractivity (Wildman–Crippen MR) is 87.6 cm³/mol. The first-order valence-electron chi connectivity index (χ1n) is 8.69. The standard InChI is InChI=1S/C18H17F6N3O/c19-17(20,21)13-7-3-1-5-11(13)16(28)25-9-10-27-14-8-4-2-6-12(14)15(26-27)18(22,23)24/h1,3,5,7H,2,4,6,8-10H2,(H,25,28). The van der Waals surface area contributed by atoms with E-state index >= 15 is 0 Å². The van der Waals surface area contributed by atoms with Crippen LogP contribution < -0.4 is 5.32 Å². The fraction of sp³-hybridized carbons (Fsp3) is 0.444. The van der Waals surface area contributed by atoms with Crippen molar-refractivity contribution in [2.75, 3.05) is 6.54 Å². The molecule has 1 aliphatic rings. The molecule has 1 heterocycles. The molecule has 152 valence electrons. The Labute approximate surface area is 156 Å². The Bertz CT molecular complexity index is 869. The summed E-state index contributed by atoms with van der Waals surface area (Å²) in [5.74, 6) is -0.940. The van der Waals surface area contributed by atoms with Gasteiger partial charge in [-0.2, -0.15) is 31.4 Å². The molecule has 0 saturated carbocycles. The summed E-state index contributed by atoms with van der Waals surface area (Å²) in [6, 6.07) is 4.34. The van der Waals surface area contributed by atoms with Gasteiger partial charge in [-0.1, -0.05) is 12.1 Å². The van der Waals surface area contributed by atoms with Gasteiger partial charge in [-0.25, -0.2) is 0 Å². The van der Waals surface area contributed by atoms with Crippen LogP contribution >= 0.6 is 0 Å². The van der Waals surface area contributed by atoms with Crippen LogP contribution in [0.25, 0.3) is 0 Å². The number of hydrogen-bond acceptors (Lipinski definition) is 2. The molecule has 1 aromatic carbocycles. The van der Waals surface area contributed by atoms with Crippen molar-refractivity contribution >= 4 is 5.91 Å². The molecule has 0 saturated heterocycles. The first kappa shape index (κ1) is 20.2. The molecule has 0 radical (unpaired) electrons. The molecule has 0 atom stereocenters. The van der Waals surface area contributed by atoms with E-state index in [4.69, 9.17) is 0 Å². The summed E-state index contributed by atoms with van der Waals surface area (Å²) in [4.78, 5) is 12.1. The lowest BCUT2D eigenvalue weighted by atomic mass is 9.95. The predicted octanol–water partition coefficient (Wildman–Crippen LogP) is 4.23. The summed E-state index contributed by atoms with van der Waals surface area (Å²) in [5, 5.41) is 5.98. The molecule has 1 aliphatic carbocycles. The van der Waals surface area contributed by atoms with E-state index in [2.05, 4.69) is 10.4 Å². The summed E-state index contributed by atoms with van der Waals surface area (Å²) in [6.45, 7) is -0.200. The molecule has 4 nitrogen and oxygen atoms in total. The summed E-state index contributed by atoms with van der Waals surface area (Å²) in [5.41, 5.74) is -1.87. The zero-order valence-electron chi connectivity index (χ0n) is 14.6. The van der Waals surface area contributed by atoms with Gasteiger partial charge in [0.25, 0.3) is 5.91 Å². The highest BCUT2D eigenvalue weighted by Gasteiger charge is 2.39. The molecular formula is C18H17F6N3O. The number of aromatic nitrogens is 2. The topological polar surface area (TPSA) is 46.9 Å². The molecule has 0 unspecified atom stereocenters. The zero-order valence-corrected chi connectivity index (χ0v) is 14.6. The van der Waals surface area contributed by atoms with Crippen molar-refractivity contribution in [3.63, 3.8) is 0 Å². The lowest BCUT2D eigenvalue weighted by molar-refractivity contribution is -0.142. The molecule has 0 spiro atoms. The Morgan fingerprint density at radius 2 is 1.71 bits per heavy atom. The van der Waals surface area contributed by atoms with E-state index in [0.29, 0.717) is 18.5 Å². The zero-order chi connectivity index (χ0) is 20.5. The van der Waals surface area contributed by atoms with E-state index in [1.54, 1.807) is 0 Å². The number of fused-ring (bicyclic) bond motifs is 1. The van der Waals surface area contributed by atoms with Gasteiger partial charge >= 0.3 is 12.4 Å². The van der Waals surface area contributed by atoms with Gasteiger partial charge in [0.1, 0.15) is 0 Å². The quantitative estimate of drug-likeness (QED) is 0.774. The number of carbonyl (C=O) groups is 1. The summed E-state index contributed by atoms with van der Waals surface area (Å²) >= 11 is 0. The lowest BCUT2D eigenvalue weighted by Crippen LogP contribution is -2.30. The van der Waals surface area contributed by atoms with Gasteiger partial charge in [-0.15, -0.1) is 0 Å². The molecule has 0 fully saturated rings. The van der Waals surface area contributed by atoms with Crippen LogP contribution in [0.1, 0.15) is 45.7 Å². The van der Waals surface area contributed by atoms with Gasteiger partial charge in [0, 0.05) is 17.8 Å². The molecule has 0 bridgehead atoms. The Morgan fingerprint density at radius 1 is 1.04 bits per heavy atom. The van der Waals surface area contributed by atoms with Gasteiger partial charge in [0.05, 0.1) is 17.7 Å². The van der Waals surface area contributed by atoms with E-state index in [1.807, 2.05) is 0 Å². The highest BCUT2D eigenvalue weighted by Crippen LogP contribution is 2.36. The minimum atomic E-state index is -4.68. The molecule has 28 heavy (non-hydrogen) atoms. The van der Waals surface area contributed by atoms with Crippen LogP contribution in [-0.2, 0) is 31.7 Å². The largest absolute Gasteiger partial charge is 0.435 e. The number of rotatable bonds is 4. The molecule has 1 N–H and O–H groups in total. The number of alkyl halides is 6. The minimum Gasteiger partial charge on any atom is -0.350 e. The summed E-state index contributed by atoms with van der Waals surface area (Å²) < 4.78 is 79.7. The minimum absolute atomic E-state index is 0.0572. The van der Waals surface area contributed by atoms with Crippen molar-refractivity contribution in [3.05, 3.63) is 52.3 Å². The first-order chi connectivity index (χ1) is 13.1. The number of nitrogens with zero attached hydrogens (tertiary/aromatic N) is 2. The molecular weight excluding hydrogens is 388 g/mol. The smallest absolute Gasteiger partial charge is 0.350 e. The Morgan fingerprint density at radius 3 is 2.39 bits per heavy atom. The van der Waals surface area contributed by atoms with E-state index in [-0.39, 0.29) is 25.1 Å². The van der Waals surface area contributed by atoms with E-state index in [9.17, 15) is 31.1 Å². The molecule has 0 aliphatic heterocycles.